The Balaban J connectivity index is 0.000000188. The predicted molar refractivity (Wildman–Crippen MR) is 308 cm³/mol. The van der Waals surface area contributed by atoms with Crippen molar-refractivity contribution in [1.82, 2.24) is 48.7 Å². The van der Waals surface area contributed by atoms with Crippen LogP contribution in [0.25, 0.3) is 21.8 Å². The summed E-state index contributed by atoms with van der Waals surface area (Å²) in [5.74, 6) is 2.50. The minimum atomic E-state index is -0.500. The summed E-state index contributed by atoms with van der Waals surface area (Å²) in [5, 5.41) is 5.27. The Morgan fingerprint density at radius 2 is 1.17 bits per heavy atom. The number of likely N-dealkylation sites (tertiary alicyclic amines) is 2. The molecule has 0 aromatic carbocycles. The van der Waals surface area contributed by atoms with Gasteiger partial charge in [-0.25, -0.2) is 29.5 Å². The second-order valence-corrected chi connectivity index (χ2v) is 22.1. The van der Waals surface area contributed by atoms with E-state index < -0.39 is 11.2 Å². The van der Waals surface area contributed by atoms with E-state index in [-0.39, 0.29) is 23.3 Å². The van der Waals surface area contributed by atoms with Gasteiger partial charge in [-0.2, -0.15) is 0 Å². The first-order valence-corrected chi connectivity index (χ1v) is 26.8. The van der Waals surface area contributed by atoms with E-state index in [4.69, 9.17) is 32.5 Å². The zero-order valence-electron chi connectivity index (χ0n) is 46.5. The highest BCUT2D eigenvalue weighted by atomic mass is 35.5. The number of carbonyl (C=O) groups excluding carboxylic acids is 2. The van der Waals surface area contributed by atoms with Crippen molar-refractivity contribution in [2.75, 3.05) is 101 Å². The lowest BCUT2D eigenvalue weighted by Crippen LogP contribution is -2.51. The van der Waals surface area contributed by atoms with Gasteiger partial charge in [-0.15, -0.1) is 0 Å². The van der Waals surface area contributed by atoms with Crippen LogP contribution in [-0.2, 0) is 22.6 Å². The van der Waals surface area contributed by atoms with Crippen molar-refractivity contribution in [1.29, 1.82) is 0 Å². The molecule has 6 aromatic rings. The lowest BCUT2D eigenvalue weighted by Gasteiger charge is -2.40. The van der Waals surface area contributed by atoms with Crippen molar-refractivity contribution in [2.45, 2.75) is 92.5 Å². The Labute approximate surface area is 457 Å². The third kappa shape index (κ3) is 18.0. The maximum Gasteiger partial charge on any atom is 0.410 e. The Morgan fingerprint density at radius 3 is 1.62 bits per heavy atom. The lowest BCUT2D eigenvalue weighted by molar-refractivity contribution is -0.00343. The van der Waals surface area contributed by atoms with E-state index in [0.29, 0.717) is 79.4 Å². The average Bonchev–Trinajstić information content (AvgIpc) is 3.35. The number of ether oxygens (including phenoxy) is 2. The number of aromatic nitrogens is 6. The van der Waals surface area contributed by atoms with Crippen molar-refractivity contribution in [3.05, 3.63) is 111 Å². The summed E-state index contributed by atoms with van der Waals surface area (Å²) in [5.41, 5.74) is 13.5. The first-order chi connectivity index (χ1) is 36.5. The number of nitrogen functional groups attached to an aromatic ring is 2. The fraction of sp³-hybridized carbons (Fsp3) is 0.500. The summed E-state index contributed by atoms with van der Waals surface area (Å²) in [6.07, 6.45) is 7.87. The van der Waals surface area contributed by atoms with Crippen molar-refractivity contribution in [2.24, 2.45) is 11.8 Å². The number of piperazine rings is 1. The Bertz CT molecular complexity index is 2990. The van der Waals surface area contributed by atoms with Crippen molar-refractivity contribution < 1.29 is 19.1 Å². The normalized spacial score (nSPS) is 15.0. The summed E-state index contributed by atoms with van der Waals surface area (Å²) in [7, 11) is 4.26. The molecule has 3 aliphatic heterocycles. The zero-order chi connectivity index (χ0) is 56.0. The monoisotopic (exact) mass is 1080 g/mol. The molecule has 5 N–H and O–H groups in total. The third-order valence-electron chi connectivity index (χ3n) is 13.2. The molecule has 3 fully saturated rings. The Hall–Kier alpha value is -7.03. The maximum atomic E-state index is 12.6. The average molecular weight is 1080 g/mol. The number of amides is 2. The van der Waals surface area contributed by atoms with Gasteiger partial charge in [-0.05, 0) is 136 Å². The topological polar surface area (TPSA) is 228 Å². The fourth-order valence-corrected chi connectivity index (χ4v) is 8.59. The number of fused-ring (bicyclic) bond motifs is 2. The van der Waals surface area contributed by atoms with Gasteiger partial charge in [0.25, 0.3) is 11.1 Å². The molecule has 0 spiro atoms. The van der Waals surface area contributed by atoms with E-state index in [9.17, 15) is 19.2 Å². The van der Waals surface area contributed by atoms with Gasteiger partial charge in [0.05, 0.1) is 34.8 Å². The van der Waals surface area contributed by atoms with Gasteiger partial charge in [0, 0.05) is 107 Å². The fourth-order valence-electron chi connectivity index (χ4n) is 8.44. The molecule has 77 heavy (non-hydrogen) atoms. The zero-order valence-corrected chi connectivity index (χ0v) is 47.3. The minimum Gasteiger partial charge on any atom is -0.444 e. The second kappa shape index (κ2) is 26.8. The van der Waals surface area contributed by atoms with Crippen LogP contribution in [0.2, 0.25) is 5.15 Å². The molecule has 20 nitrogen and oxygen atoms in total. The van der Waals surface area contributed by atoms with Crippen LogP contribution in [0.15, 0.2) is 95.0 Å². The molecule has 3 aliphatic rings. The van der Waals surface area contributed by atoms with Crippen molar-refractivity contribution in [3.63, 3.8) is 0 Å². The van der Waals surface area contributed by atoms with Gasteiger partial charge in [0.2, 0.25) is 0 Å². The molecule has 9 rings (SSSR count). The first-order valence-electron chi connectivity index (χ1n) is 26.4. The van der Waals surface area contributed by atoms with Gasteiger partial charge in [0.15, 0.2) is 0 Å². The molecule has 0 radical (unpaired) electrons. The molecule has 9 heterocycles. The highest BCUT2D eigenvalue weighted by Gasteiger charge is 2.34. The van der Waals surface area contributed by atoms with E-state index >= 15 is 0 Å². The molecule has 2 amide bonds. The highest BCUT2D eigenvalue weighted by molar-refractivity contribution is 6.30. The van der Waals surface area contributed by atoms with Crippen LogP contribution in [0.1, 0.15) is 68.2 Å². The first kappa shape index (κ1) is 59.2. The number of anilines is 5. The number of nitrogens with two attached hydrogens (primary N) is 2. The molecule has 6 aromatic heterocycles. The number of likely N-dealkylation sites (N-methyl/N-ethyl adjacent to an activating group) is 1. The molecular weight excluding hydrogens is 1000 g/mol. The van der Waals surface area contributed by atoms with Gasteiger partial charge in [-0.1, -0.05) is 25.4 Å². The van der Waals surface area contributed by atoms with Gasteiger partial charge in [-0.3, -0.25) is 9.59 Å². The molecule has 0 saturated carbocycles. The van der Waals surface area contributed by atoms with Crippen LogP contribution in [0.3, 0.4) is 0 Å². The summed E-state index contributed by atoms with van der Waals surface area (Å²) in [6.45, 7) is 25.9. The van der Waals surface area contributed by atoms with E-state index in [2.05, 4.69) is 67.9 Å². The largest absolute Gasteiger partial charge is 0.444 e. The standard InChI is InChI=1S/C23H28N6O3.C18H22ClN3O3.C10H16N4.C5H13N/c1-23(2,3)32-22(31)28-13-15(14-28)8-9-29-18-10-20(25-11-16(18)4-7-21(29)30)27-19-6-5-17(24)12-26-19;1-18(2,3)25-17(24)21-10-12(11-21)6-7-22-14-8-15(19)20-9-13(14)4-5-16(22)23;1-13-4-6-14(7-5-13)9-2-3-10(11)12-8-9;1-4-6(3)5-2/h4-7,10-12,15H,8-9,13-14,24H2,1-3H3,(H,25,26,27);4-5,8-9,12H,6-7,10-11H2,1-3H3;2-3,8H,4-7H2,1H3,(H2,11,12);4-5H2,1-3H3. The molecular formula is C56H79ClN14O6. The Kier molecular flexibility index (Phi) is 20.6. The number of rotatable bonds is 11. The van der Waals surface area contributed by atoms with Crippen LogP contribution < -0.4 is 32.8 Å². The predicted octanol–water partition coefficient (Wildman–Crippen LogP) is 8.05. The quantitative estimate of drug-likeness (QED) is 0.104. The number of halogens is 1. The summed E-state index contributed by atoms with van der Waals surface area (Å²) < 4.78 is 14.2. The van der Waals surface area contributed by atoms with Crippen molar-refractivity contribution >= 4 is 74.4 Å². The number of carbonyl (C=O) groups is 2. The van der Waals surface area contributed by atoms with E-state index in [1.807, 2.05) is 65.9 Å². The summed E-state index contributed by atoms with van der Waals surface area (Å²) >= 11 is 5.97. The van der Waals surface area contributed by atoms with Crippen LogP contribution in [0.4, 0.5) is 38.4 Å². The SMILES string of the molecule is CC(C)(C)OC(=O)N1CC(CCn2c(=O)ccc3cnc(Cl)cc32)C1.CC(C)(C)OC(=O)N1CC(CCn2c(=O)ccc3cnc(Nc4ccc(N)cn4)cc32)C1.CCN(C)CC.CN1CCN(c2ccc(N)nc2)CC1. The number of aryl methyl sites for hydroxylation is 2. The number of nitrogens with zero attached hydrogens (tertiary/aromatic N) is 11. The molecule has 416 valence electrons. The van der Waals surface area contributed by atoms with Gasteiger partial charge < -0.3 is 59.9 Å². The van der Waals surface area contributed by atoms with Crippen LogP contribution in [0.5, 0.6) is 0 Å². The van der Waals surface area contributed by atoms with Crippen molar-refractivity contribution in [3.8, 4) is 0 Å². The smallest absolute Gasteiger partial charge is 0.410 e. The molecule has 0 unspecified atom stereocenters. The molecule has 3 saturated heterocycles. The minimum absolute atomic E-state index is 0.0573. The summed E-state index contributed by atoms with van der Waals surface area (Å²) in [4.78, 5) is 76.0. The molecule has 0 bridgehead atoms. The van der Waals surface area contributed by atoms with Gasteiger partial charge in [0.1, 0.15) is 33.8 Å². The number of hydrogen-bond acceptors (Lipinski definition) is 16. The molecule has 21 heteroatoms. The maximum absolute atomic E-state index is 12.6. The van der Waals surface area contributed by atoms with Gasteiger partial charge >= 0.3 is 12.2 Å². The molecule has 0 atom stereocenters. The number of nitrogens with one attached hydrogen (secondary N) is 1. The van der Waals surface area contributed by atoms with Crippen LogP contribution in [0, 0.1) is 11.8 Å². The van der Waals surface area contributed by atoms with E-state index in [1.165, 1.54) is 5.69 Å². The van der Waals surface area contributed by atoms with E-state index in [1.54, 1.807) is 80.0 Å². The van der Waals surface area contributed by atoms with Crippen LogP contribution >= 0.6 is 11.6 Å². The third-order valence-corrected chi connectivity index (χ3v) is 13.4. The second-order valence-electron chi connectivity index (χ2n) is 21.7. The summed E-state index contributed by atoms with van der Waals surface area (Å²) in [6, 6.07) is 17.6. The molecule has 0 aliphatic carbocycles. The van der Waals surface area contributed by atoms with Crippen LogP contribution in [-0.4, -0.2) is 152 Å². The number of hydrogen-bond donors (Lipinski definition) is 3. The number of pyridine rings is 6. The lowest BCUT2D eigenvalue weighted by atomic mass is 9.97. The Morgan fingerprint density at radius 1 is 0.662 bits per heavy atom. The highest BCUT2D eigenvalue weighted by Crippen LogP contribution is 2.26. The van der Waals surface area contributed by atoms with E-state index in [0.717, 1.165) is 73.9 Å².